The number of aromatic nitrogens is 2. The molecule has 26 heavy (non-hydrogen) atoms. The van der Waals surface area contributed by atoms with E-state index in [2.05, 4.69) is 15.2 Å². The Labute approximate surface area is 153 Å². The molecule has 140 valence electrons. The molecular formula is C19H27N5O2. The Kier molecular flexibility index (Phi) is 5.56. The number of rotatable bonds is 5. The van der Waals surface area contributed by atoms with Crippen LogP contribution in [0.25, 0.3) is 11.0 Å². The number of amides is 2. The molecule has 0 radical (unpaired) electrons. The van der Waals surface area contributed by atoms with Crippen LogP contribution < -0.4 is 16.4 Å². The molecule has 0 bridgehead atoms. The van der Waals surface area contributed by atoms with Gasteiger partial charge in [-0.05, 0) is 37.0 Å². The van der Waals surface area contributed by atoms with Crippen molar-refractivity contribution in [3.05, 3.63) is 24.0 Å². The van der Waals surface area contributed by atoms with E-state index in [1.165, 1.54) is 19.3 Å². The highest BCUT2D eigenvalue weighted by atomic mass is 16.2. The number of nitrogens with one attached hydrogen (secondary N) is 2. The summed E-state index contributed by atoms with van der Waals surface area (Å²) < 4.78 is 2.28. The van der Waals surface area contributed by atoms with Gasteiger partial charge in [0.25, 0.3) is 0 Å². The van der Waals surface area contributed by atoms with Gasteiger partial charge in [0, 0.05) is 18.7 Å². The number of aryl methyl sites for hydroxylation is 2. The molecule has 1 aromatic carbocycles. The first kappa shape index (κ1) is 18.4. The predicted molar refractivity (Wildman–Crippen MR) is 102 cm³/mol. The zero-order chi connectivity index (χ0) is 18.7. The lowest BCUT2D eigenvalue weighted by atomic mass is 10.1. The van der Waals surface area contributed by atoms with Gasteiger partial charge in [-0.1, -0.05) is 20.3 Å². The van der Waals surface area contributed by atoms with E-state index in [0.717, 1.165) is 29.8 Å². The van der Waals surface area contributed by atoms with Gasteiger partial charge in [-0.2, -0.15) is 0 Å². The first-order chi connectivity index (χ1) is 12.5. The normalized spacial score (nSPS) is 15.4. The number of imidazole rings is 1. The molecule has 0 unspecified atom stereocenters. The quantitative estimate of drug-likeness (QED) is 0.759. The molecule has 1 atom stereocenters. The Morgan fingerprint density at radius 2 is 2.08 bits per heavy atom. The molecule has 1 aliphatic heterocycles. The highest BCUT2D eigenvalue weighted by molar-refractivity contribution is 5.96. The molecule has 0 fully saturated rings. The third-order valence-electron chi connectivity index (χ3n) is 4.84. The second-order valence-electron chi connectivity index (χ2n) is 7.23. The van der Waals surface area contributed by atoms with Gasteiger partial charge < -0.3 is 20.9 Å². The van der Waals surface area contributed by atoms with Crippen LogP contribution >= 0.6 is 0 Å². The van der Waals surface area contributed by atoms with Crippen LogP contribution in [0.5, 0.6) is 0 Å². The van der Waals surface area contributed by atoms with Crippen molar-refractivity contribution in [3.63, 3.8) is 0 Å². The molecule has 1 aliphatic rings. The minimum atomic E-state index is -0.611. The number of hydrogen-bond acceptors (Lipinski definition) is 4. The predicted octanol–water partition coefficient (Wildman–Crippen LogP) is 1.80. The minimum absolute atomic E-state index is 0.0246. The van der Waals surface area contributed by atoms with Gasteiger partial charge in [-0.3, -0.25) is 9.59 Å². The van der Waals surface area contributed by atoms with Crippen molar-refractivity contribution in [1.82, 2.24) is 14.9 Å². The summed E-state index contributed by atoms with van der Waals surface area (Å²) in [5, 5.41) is 5.38. The maximum atomic E-state index is 12.1. The summed E-state index contributed by atoms with van der Waals surface area (Å²) in [5.41, 5.74) is 8.45. The summed E-state index contributed by atoms with van der Waals surface area (Å²) in [4.78, 5) is 28.6. The van der Waals surface area contributed by atoms with Crippen molar-refractivity contribution >= 4 is 28.5 Å². The highest BCUT2D eigenvalue weighted by Gasteiger charge is 2.18. The Hall–Kier alpha value is -2.41. The molecule has 3 rings (SSSR count). The van der Waals surface area contributed by atoms with E-state index in [-0.39, 0.29) is 24.3 Å². The maximum absolute atomic E-state index is 12.1. The van der Waals surface area contributed by atoms with Gasteiger partial charge >= 0.3 is 0 Å². The lowest BCUT2D eigenvalue weighted by Crippen LogP contribution is -2.46. The van der Waals surface area contributed by atoms with Crippen LogP contribution in [-0.2, 0) is 22.6 Å². The molecule has 0 saturated carbocycles. The fourth-order valence-corrected chi connectivity index (χ4v) is 3.22. The van der Waals surface area contributed by atoms with Crippen molar-refractivity contribution in [2.24, 2.45) is 11.7 Å². The van der Waals surface area contributed by atoms with Crippen molar-refractivity contribution in [1.29, 1.82) is 0 Å². The van der Waals surface area contributed by atoms with Gasteiger partial charge in [0.1, 0.15) is 5.82 Å². The van der Waals surface area contributed by atoms with Gasteiger partial charge in [0.15, 0.2) is 0 Å². The fourth-order valence-electron chi connectivity index (χ4n) is 3.22. The second-order valence-corrected chi connectivity index (χ2v) is 7.23. The van der Waals surface area contributed by atoms with Gasteiger partial charge in [-0.15, -0.1) is 0 Å². The third kappa shape index (κ3) is 4.04. The fraction of sp³-hybridized carbons (Fsp3) is 0.526. The monoisotopic (exact) mass is 357 g/mol. The van der Waals surface area contributed by atoms with Crippen LogP contribution in [0.3, 0.4) is 0 Å². The largest absolute Gasteiger partial charge is 0.346 e. The van der Waals surface area contributed by atoms with Crippen LogP contribution in [0.1, 0.15) is 38.9 Å². The van der Waals surface area contributed by atoms with Crippen LogP contribution in [0, 0.1) is 5.92 Å². The molecule has 0 aliphatic carbocycles. The van der Waals surface area contributed by atoms with E-state index in [4.69, 9.17) is 10.7 Å². The van der Waals surface area contributed by atoms with Gasteiger partial charge in [-0.25, -0.2) is 4.98 Å². The molecular weight excluding hydrogens is 330 g/mol. The van der Waals surface area contributed by atoms with Gasteiger partial charge in [0.05, 0.1) is 23.6 Å². The number of fused-ring (bicyclic) bond motifs is 3. The summed E-state index contributed by atoms with van der Waals surface area (Å²) in [6.07, 6.45) is 4.59. The van der Waals surface area contributed by atoms with E-state index in [0.29, 0.717) is 5.69 Å². The lowest BCUT2D eigenvalue weighted by molar-refractivity contribution is -0.125. The Morgan fingerprint density at radius 3 is 2.85 bits per heavy atom. The number of carbonyl (C=O) groups excluding carboxylic acids is 2. The number of hydrogen-bond donors (Lipinski definition) is 3. The molecule has 2 amide bonds. The SMILES string of the molecule is CC(C)[C@H](N)C(=O)NCC(=O)Nc1ccc2c(c1)nc1n2CCCCC1. The summed E-state index contributed by atoms with van der Waals surface area (Å²) in [7, 11) is 0. The van der Waals surface area contributed by atoms with E-state index in [1.807, 2.05) is 32.0 Å². The zero-order valence-electron chi connectivity index (χ0n) is 15.4. The highest BCUT2D eigenvalue weighted by Crippen LogP contribution is 2.24. The number of nitrogens with zero attached hydrogens (tertiary/aromatic N) is 2. The minimum Gasteiger partial charge on any atom is -0.346 e. The van der Waals surface area contributed by atoms with E-state index in [9.17, 15) is 9.59 Å². The van der Waals surface area contributed by atoms with Crippen molar-refractivity contribution in [3.8, 4) is 0 Å². The zero-order valence-corrected chi connectivity index (χ0v) is 15.4. The van der Waals surface area contributed by atoms with E-state index in [1.54, 1.807) is 0 Å². The Balaban J connectivity index is 1.64. The number of anilines is 1. The number of nitrogens with two attached hydrogens (primary N) is 1. The van der Waals surface area contributed by atoms with Crippen molar-refractivity contribution < 1.29 is 9.59 Å². The first-order valence-electron chi connectivity index (χ1n) is 9.28. The van der Waals surface area contributed by atoms with Crippen molar-refractivity contribution in [2.45, 2.75) is 52.1 Å². The topological polar surface area (TPSA) is 102 Å². The van der Waals surface area contributed by atoms with Crippen LogP contribution in [0.2, 0.25) is 0 Å². The summed E-state index contributed by atoms with van der Waals surface area (Å²) in [5.74, 6) is 0.547. The standard InChI is InChI=1S/C19H27N5O2/c1-12(2)18(20)19(26)21-11-17(25)22-13-7-8-15-14(10-13)23-16-6-4-3-5-9-24(15)16/h7-8,10,12,18H,3-6,9,11,20H2,1-2H3,(H,21,26)(H,22,25)/t18-/m0/s1. The number of carbonyl (C=O) groups is 2. The second kappa shape index (κ2) is 7.86. The summed E-state index contributed by atoms with van der Waals surface area (Å²) >= 11 is 0. The van der Waals surface area contributed by atoms with Crippen molar-refractivity contribution in [2.75, 3.05) is 11.9 Å². The average molecular weight is 357 g/mol. The molecule has 2 aromatic rings. The van der Waals surface area contributed by atoms with E-state index >= 15 is 0 Å². The molecule has 2 heterocycles. The summed E-state index contributed by atoms with van der Waals surface area (Å²) in [6, 6.07) is 5.15. The maximum Gasteiger partial charge on any atom is 0.243 e. The Morgan fingerprint density at radius 1 is 1.27 bits per heavy atom. The Bertz CT molecular complexity index is 812. The third-order valence-corrected chi connectivity index (χ3v) is 4.84. The van der Waals surface area contributed by atoms with Crippen LogP contribution in [-0.4, -0.2) is 34.0 Å². The first-order valence-corrected chi connectivity index (χ1v) is 9.28. The molecule has 4 N–H and O–H groups in total. The smallest absolute Gasteiger partial charge is 0.243 e. The van der Waals surface area contributed by atoms with Gasteiger partial charge in [0.2, 0.25) is 11.8 Å². The van der Waals surface area contributed by atoms with Crippen LogP contribution in [0.15, 0.2) is 18.2 Å². The molecule has 7 nitrogen and oxygen atoms in total. The molecule has 7 heteroatoms. The molecule has 1 aromatic heterocycles. The van der Waals surface area contributed by atoms with Crippen LogP contribution in [0.4, 0.5) is 5.69 Å². The lowest BCUT2D eigenvalue weighted by Gasteiger charge is -2.15. The summed E-state index contributed by atoms with van der Waals surface area (Å²) in [6.45, 7) is 4.63. The molecule has 0 saturated heterocycles. The number of benzene rings is 1. The average Bonchev–Trinajstić information content (AvgIpc) is 2.79. The van der Waals surface area contributed by atoms with E-state index < -0.39 is 6.04 Å². The molecule has 0 spiro atoms.